The highest BCUT2D eigenvalue weighted by Crippen LogP contribution is 2.30. The Hall–Kier alpha value is -1.92. The van der Waals surface area contributed by atoms with Gasteiger partial charge in [-0.05, 0) is 49.4 Å². The number of thiophene rings is 1. The fourth-order valence-electron chi connectivity index (χ4n) is 3.02. The predicted molar refractivity (Wildman–Crippen MR) is 94.1 cm³/mol. The summed E-state index contributed by atoms with van der Waals surface area (Å²) < 4.78 is 13.8. The Morgan fingerprint density at radius 2 is 2.12 bits per heavy atom. The molecule has 3 rings (SSSR count). The van der Waals surface area contributed by atoms with Gasteiger partial charge in [0.2, 0.25) is 0 Å². The van der Waals surface area contributed by atoms with Gasteiger partial charge in [-0.3, -0.25) is 4.79 Å². The summed E-state index contributed by atoms with van der Waals surface area (Å²) in [6.45, 7) is 3.32. The molecule has 1 saturated heterocycles. The lowest BCUT2D eigenvalue weighted by Gasteiger charge is -2.34. The molecule has 2 aromatic rings. The Morgan fingerprint density at radius 3 is 2.79 bits per heavy atom. The Kier molecular flexibility index (Phi) is 5.16. The summed E-state index contributed by atoms with van der Waals surface area (Å²) in [7, 11) is 0. The maximum Gasteiger partial charge on any atom is 0.252 e. The van der Waals surface area contributed by atoms with Crippen molar-refractivity contribution in [3.63, 3.8) is 0 Å². The van der Waals surface area contributed by atoms with Gasteiger partial charge in [0.1, 0.15) is 5.82 Å². The molecule has 2 heterocycles. The third-order valence-electron chi connectivity index (χ3n) is 4.39. The standard InChI is InChI=1S/C18H21FN2O2S/c1-12(20-18(23)13-6-9-24-11-13)16-10-14(19)2-3-17(16)21-7-4-15(22)5-8-21/h2-3,6,9-12,15,22H,4-5,7-8H2,1H3,(H,20,23)/t12-/m0/s1. The van der Waals surface area contributed by atoms with E-state index in [1.165, 1.54) is 23.5 Å². The molecule has 1 aliphatic heterocycles. The zero-order valence-corrected chi connectivity index (χ0v) is 14.4. The summed E-state index contributed by atoms with van der Waals surface area (Å²) in [5.74, 6) is -0.476. The zero-order chi connectivity index (χ0) is 17.1. The summed E-state index contributed by atoms with van der Waals surface area (Å²) >= 11 is 1.47. The fraction of sp³-hybridized carbons (Fsp3) is 0.389. The number of hydrogen-bond donors (Lipinski definition) is 2. The molecule has 1 aromatic carbocycles. The van der Waals surface area contributed by atoms with Crippen molar-refractivity contribution in [1.82, 2.24) is 5.32 Å². The largest absolute Gasteiger partial charge is 0.393 e. The number of aliphatic hydroxyl groups is 1. The summed E-state index contributed by atoms with van der Waals surface area (Å²) in [4.78, 5) is 14.4. The number of benzene rings is 1. The van der Waals surface area contributed by atoms with Crippen LogP contribution in [-0.2, 0) is 0 Å². The highest BCUT2D eigenvalue weighted by Gasteiger charge is 2.22. The second-order valence-corrected chi connectivity index (χ2v) is 6.91. The number of nitrogens with one attached hydrogen (secondary N) is 1. The molecular weight excluding hydrogens is 327 g/mol. The lowest BCUT2D eigenvalue weighted by Crippen LogP contribution is -2.37. The van der Waals surface area contributed by atoms with Crippen LogP contribution < -0.4 is 10.2 Å². The van der Waals surface area contributed by atoms with E-state index in [0.717, 1.165) is 24.3 Å². The quantitative estimate of drug-likeness (QED) is 0.891. The summed E-state index contributed by atoms with van der Waals surface area (Å²) in [5.41, 5.74) is 2.29. The number of rotatable bonds is 4. The smallest absolute Gasteiger partial charge is 0.252 e. The molecule has 0 radical (unpaired) electrons. The first-order chi connectivity index (χ1) is 11.5. The van der Waals surface area contributed by atoms with Gasteiger partial charge in [-0.25, -0.2) is 4.39 Å². The lowest BCUT2D eigenvalue weighted by molar-refractivity contribution is 0.0940. The minimum absolute atomic E-state index is 0.159. The topological polar surface area (TPSA) is 52.6 Å². The molecule has 1 aromatic heterocycles. The minimum atomic E-state index is -0.317. The van der Waals surface area contributed by atoms with Crippen molar-refractivity contribution in [2.24, 2.45) is 0 Å². The van der Waals surface area contributed by atoms with Crippen molar-refractivity contribution < 1.29 is 14.3 Å². The van der Waals surface area contributed by atoms with E-state index >= 15 is 0 Å². The molecule has 0 bridgehead atoms. The molecule has 1 atom stereocenters. The number of halogens is 1. The first kappa shape index (κ1) is 16.9. The molecule has 128 valence electrons. The van der Waals surface area contributed by atoms with Crippen molar-refractivity contribution >= 4 is 22.9 Å². The molecule has 0 saturated carbocycles. The molecule has 1 fully saturated rings. The Labute approximate surface area is 144 Å². The maximum absolute atomic E-state index is 13.8. The number of carbonyl (C=O) groups is 1. The first-order valence-electron chi connectivity index (χ1n) is 8.10. The summed E-state index contributed by atoms with van der Waals surface area (Å²) in [6.07, 6.45) is 1.14. The maximum atomic E-state index is 13.8. The van der Waals surface area contributed by atoms with Crippen LogP contribution in [0, 0.1) is 5.82 Å². The van der Waals surface area contributed by atoms with Gasteiger partial charge in [0.15, 0.2) is 0 Å². The van der Waals surface area contributed by atoms with E-state index in [-0.39, 0.29) is 23.9 Å². The number of piperidine rings is 1. The number of carbonyl (C=O) groups excluding carboxylic acids is 1. The Bertz CT molecular complexity index is 697. The molecular formula is C18H21FN2O2S. The summed E-state index contributed by atoms with van der Waals surface area (Å²) in [5, 5.41) is 16.3. The molecule has 1 amide bonds. The SMILES string of the molecule is C[C@H](NC(=O)c1ccsc1)c1cc(F)ccc1N1CCC(O)CC1. The van der Waals surface area contributed by atoms with Crippen LogP contribution >= 0.6 is 11.3 Å². The number of nitrogens with zero attached hydrogens (tertiary/aromatic N) is 1. The predicted octanol–water partition coefficient (Wildman–Crippen LogP) is 3.34. The van der Waals surface area contributed by atoms with E-state index in [1.54, 1.807) is 17.5 Å². The van der Waals surface area contributed by atoms with E-state index in [1.807, 2.05) is 12.3 Å². The Morgan fingerprint density at radius 1 is 1.38 bits per heavy atom. The van der Waals surface area contributed by atoms with Crippen LogP contribution in [-0.4, -0.2) is 30.2 Å². The van der Waals surface area contributed by atoms with E-state index in [9.17, 15) is 14.3 Å². The molecule has 0 aliphatic carbocycles. The normalized spacial score (nSPS) is 16.9. The van der Waals surface area contributed by atoms with Gasteiger partial charge in [0, 0.05) is 29.7 Å². The summed E-state index contributed by atoms with van der Waals surface area (Å²) in [6, 6.07) is 6.15. The van der Waals surface area contributed by atoms with Crippen LogP contribution in [0.25, 0.3) is 0 Å². The fourth-order valence-corrected chi connectivity index (χ4v) is 3.65. The second-order valence-electron chi connectivity index (χ2n) is 6.13. The van der Waals surface area contributed by atoms with Gasteiger partial charge in [0.05, 0.1) is 17.7 Å². The van der Waals surface area contributed by atoms with Crippen LogP contribution in [0.15, 0.2) is 35.0 Å². The zero-order valence-electron chi connectivity index (χ0n) is 13.5. The van der Waals surface area contributed by atoms with Gasteiger partial charge >= 0.3 is 0 Å². The van der Waals surface area contributed by atoms with E-state index in [0.29, 0.717) is 18.4 Å². The van der Waals surface area contributed by atoms with Gasteiger partial charge in [-0.2, -0.15) is 11.3 Å². The third kappa shape index (κ3) is 3.76. The van der Waals surface area contributed by atoms with Crippen molar-refractivity contribution in [1.29, 1.82) is 0 Å². The molecule has 6 heteroatoms. The van der Waals surface area contributed by atoms with Crippen molar-refractivity contribution in [2.45, 2.75) is 31.9 Å². The average Bonchev–Trinajstić information content (AvgIpc) is 3.10. The number of aliphatic hydroxyl groups excluding tert-OH is 1. The number of hydrogen-bond acceptors (Lipinski definition) is 4. The van der Waals surface area contributed by atoms with Crippen molar-refractivity contribution in [3.8, 4) is 0 Å². The first-order valence-corrected chi connectivity index (χ1v) is 9.04. The van der Waals surface area contributed by atoms with Crippen LogP contribution in [0.3, 0.4) is 0 Å². The molecule has 2 N–H and O–H groups in total. The highest BCUT2D eigenvalue weighted by atomic mass is 32.1. The van der Waals surface area contributed by atoms with Gasteiger partial charge < -0.3 is 15.3 Å². The monoisotopic (exact) mass is 348 g/mol. The van der Waals surface area contributed by atoms with Crippen LogP contribution in [0.1, 0.15) is 41.7 Å². The molecule has 1 aliphatic rings. The van der Waals surface area contributed by atoms with E-state index in [2.05, 4.69) is 10.2 Å². The molecule has 0 spiro atoms. The average molecular weight is 348 g/mol. The third-order valence-corrected chi connectivity index (χ3v) is 5.08. The van der Waals surface area contributed by atoms with E-state index in [4.69, 9.17) is 0 Å². The van der Waals surface area contributed by atoms with Gasteiger partial charge in [0.25, 0.3) is 5.91 Å². The van der Waals surface area contributed by atoms with Gasteiger partial charge in [-0.15, -0.1) is 0 Å². The second kappa shape index (κ2) is 7.32. The Balaban J connectivity index is 1.80. The van der Waals surface area contributed by atoms with Gasteiger partial charge in [-0.1, -0.05) is 0 Å². The van der Waals surface area contributed by atoms with Crippen molar-refractivity contribution in [2.75, 3.05) is 18.0 Å². The number of anilines is 1. The van der Waals surface area contributed by atoms with E-state index < -0.39 is 0 Å². The minimum Gasteiger partial charge on any atom is -0.393 e. The van der Waals surface area contributed by atoms with Crippen LogP contribution in [0.2, 0.25) is 0 Å². The highest BCUT2D eigenvalue weighted by molar-refractivity contribution is 7.08. The van der Waals surface area contributed by atoms with Crippen LogP contribution in [0.5, 0.6) is 0 Å². The van der Waals surface area contributed by atoms with Crippen molar-refractivity contribution in [3.05, 3.63) is 52.0 Å². The van der Waals surface area contributed by atoms with Crippen LogP contribution in [0.4, 0.5) is 10.1 Å². The number of amides is 1. The molecule has 0 unspecified atom stereocenters. The lowest BCUT2D eigenvalue weighted by atomic mass is 10.0. The molecule has 4 nitrogen and oxygen atoms in total. The molecule has 24 heavy (non-hydrogen) atoms.